The zero-order valence-electron chi connectivity index (χ0n) is 9.24. The number of aliphatic hydroxyl groups excluding tert-OH is 1. The lowest BCUT2D eigenvalue weighted by molar-refractivity contribution is -0.125. The van der Waals surface area contributed by atoms with Gasteiger partial charge in [0.25, 0.3) is 5.91 Å². The van der Waals surface area contributed by atoms with Gasteiger partial charge in [0.2, 0.25) is 5.91 Å². The van der Waals surface area contributed by atoms with Crippen LogP contribution in [0.5, 0.6) is 0 Å². The fourth-order valence-corrected chi connectivity index (χ4v) is 1.81. The molecule has 5 nitrogen and oxygen atoms in total. The maximum Gasteiger partial charge on any atom is 0.252 e. The van der Waals surface area contributed by atoms with Crippen molar-refractivity contribution >= 4 is 34.4 Å². The molecule has 0 heterocycles. The van der Waals surface area contributed by atoms with E-state index in [1.165, 1.54) is 0 Å². The first-order chi connectivity index (χ1) is 7.93. The van der Waals surface area contributed by atoms with Gasteiger partial charge in [0.15, 0.2) is 0 Å². The molecule has 0 aromatic heterocycles. The summed E-state index contributed by atoms with van der Waals surface area (Å²) >= 11 is 2.08. The van der Waals surface area contributed by atoms with Gasteiger partial charge < -0.3 is 16.2 Å². The molecule has 0 spiro atoms. The lowest BCUT2D eigenvalue weighted by Gasteiger charge is -2.10. The van der Waals surface area contributed by atoms with Gasteiger partial charge in [-0.15, -0.1) is 0 Å². The number of aryl methyl sites for hydroxylation is 1. The van der Waals surface area contributed by atoms with Gasteiger partial charge in [0, 0.05) is 3.57 Å². The molecule has 1 aromatic rings. The molecule has 4 N–H and O–H groups in total. The molecule has 0 radical (unpaired) electrons. The second-order valence-electron chi connectivity index (χ2n) is 3.56. The molecular formula is C11H13IN2O3. The Morgan fingerprint density at radius 3 is 2.76 bits per heavy atom. The average Bonchev–Trinajstić information content (AvgIpc) is 2.29. The van der Waals surface area contributed by atoms with E-state index in [-0.39, 0.29) is 12.5 Å². The number of aliphatic hydroxyl groups is 1. The second-order valence-corrected chi connectivity index (χ2v) is 4.64. The number of primary amides is 1. The van der Waals surface area contributed by atoms with E-state index >= 15 is 0 Å². The van der Waals surface area contributed by atoms with Gasteiger partial charge in [-0.1, -0.05) is 12.1 Å². The van der Waals surface area contributed by atoms with Crippen molar-refractivity contribution in [2.24, 2.45) is 5.73 Å². The predicted octanol–water partition coefficient (Wildman–Crippen LogP) is 0.176. The van der Waals surface area contributed by atoms with Crippen LogP contribution in [0.2, 0.25) is 0 Å². The summed E-state index contributed by atoms with van der Waals surface area (Å²) in [5, 5.41) is 11.6. The zero-order chi connectivity index (χ0) is 13.0. The normalized spacial score (nSPS) is 11.9. The zero-order valence-corrected chi connectivity index (χ0v) is 11.4. The largest absolute Gasteiger partial charge is 0.381 e. The monoisotopic (exact) mass is 348 g/mol. The number of hydrogen-bond donors (Lipinski definition) is 3. The van der Waals surface area contributed by atoms with Crippen LogP contribution in [-0.2, 0) is 4.79 Å². The molecule has 2 amide bonds. The Bertz CT molecular complexity index is 448. The molecule has 1 aromatic carbocycles. The van der Waals surface area contributed by atoms with Crippen LogP contribution >= 0.6 is 22.6 Å². The number of carbonyl (C=O) groups excluding carboxylic acids is 2. The van der Waals surface area contributed by atoms with Crippen LogP contribution in [0.3, 0.4) is 0 Å². The predicted molar refractivity (Wildman–Crippen MR) is 71.4 cm³/mol. The maximum absolute atomic E-state index is 11.8. The van der Waals surface area contributed by atoms with Gasteiger partial charge in [0.1, 0.15) is 6.10 Å². The second kappa shape index (κ2) is 5.97. The summed E-state index contributed by atoms with van der Waals surface area (Å²) in [6.45, 7) is 1.72. The molecule has 0 saturated heterocycles. The first-order valence-electron chi connectivity index (χ1n) is 4.94. The van der Waals surface area contributed by atoms with E-state index in [1.54, 1.807) is 12.1 Å². The number of halogens is 1. The number of nitrogens with two attached hydrogens (primary N) is 1. The molecule has 0 bridgehead atoms. The summed E-state index contributed by atoms with van der Waals surface area (Å²) in [6.07, 6.45) is -1.36. The summed E-state index contributed by atoms with van der Waals surface area (Å²) in [7, 11) is 0. The van der Waals surface area contributed by atoms with Crippen molar-refractivity contribution in [3.05, 3.63) is 32.9 Å². The maximum atomic E-state index is 11.8. The van der Waals surface area contributed by atoms with Crippen molar-refractivity contribution in [3.8, 4) is 0 Å². The molecular weight excluding hydrogens is 335 g/mol. The van der Waals surface area contributed by atoms with E-state index in [4.69, 9.17) is 10.8 Å². The molecule has 6 heteroatoms. The van der Waals surface area contributed by atoms with Gasteiger partial charge >= 0.3 is 0 Å². The third kappa shape index (κ3) is 3.67. The van der Waals surface area contributed by atoms with Crippen molar-refractivity contribution in [1.29, 1.82) is 0 Å². The number of carbonyl (C=O) groups is 2. The van der Waals surface area contributed by atoms with E-state index in [9.17, 15) is 9.59 Å². The minimum atomic E-state index is -1.36. The van der Waals surface area contributed by atoms with Crippen LogP contribution in [0.4, 0.5) is 0 Å². The van der Waals surface area contributed by atoms with Crippen molar-refractivity contribution in [2.75, 3.05) is 6.54 Å². The van der Waals surface area contributed by atoms with Crippen LogP contribution in [0.25, 0.3) is 0 Å². The molecule has 1 unspecified atom stereocenters. The number of nitrogens with one attached hydrogen (secondary N) is 1. The Kier molecular flexibility index (Phi) is 4.88. The molecule has 92 valence electrons. The standard InChI is InChI=1S/C11H13IN2O3/c1-6-3-2-4-7(9(6)12)11(17)14-5-8(15)10(13)16/h2-4,8,15H,5H2,1H3,(H2,13,16)(H,14,17). The Morgan fingerprint density at radius 1 is 1.53 bits per heavy atom. The smallest absolute Gasteiger partial charge is 0.252 e. The number of rotatable bonds is 4. The Hall–Kier alpha value is -1.15. The van der Waals surface area contributed by atoms with Crippen LogP contribution in [0.1, 0.15) is 15.9 Å². The van der Waals surface area contributed by atoms with Gasteiger partial charge in [0.05, 0.1) is 12.1 Å². The third-order valence-electron chi connectivity index (χ3n) is 2.22. The highest BCUT2D eigenvalue weighted by atomic mass is 127. The van der Waals surface area contributed by atoms with Crippen LogP contribution in [0.15, 0.2) is 18.2 Å². The SMILES string of the molecule is Cc1cccc(C(=O)NCC(O)C(N)=O)c1I. The highest BCUT2D eigenvalue weighted by molar-refractivity contribution is 14.1. The number of hydrogen-bond acceptors (Lipinski definition) is 3. The van der Waals surface area contributed by atoms with Crippen LogP contribution < -0.4 is 11.1 Å². The molecule has 0 fully saturated rings. The topological polar surface area (TPSA) is 92.4 Å². The minimum absolute atomic E-state index is 0.182. The Balaban J connectivity index is 2.71. The van der Waals surface area contributed by atoms with Crippen molar-refractivity contribution in [1.82, 2.24) is 5.32 Å². The van der Waals surface area contributed by atoms with Gasteiger partial charge in [-0.3, -0.25) is 9.59 Å². The lowest BCUT2D eigenvalue weighted by Crippen LogP contribution is -2.40. The van der Waals surface area contributed by atoms with E-state index in [2.05, 4.69) is 27.9 Å². The van der Waals surface area contributed by atoms with Gasteiger partial charge in [-0.2, -0.15) is 0 Å². The summed E-state index contributed by atoms with van der Waals surface area (Å²) in [4.78, 5) is 22.4. The Morgan fingerprint density at radius 2 is 2.18 bits per heavy atom. The third-order valence-corrected chi connectivity index (χ3v) is 3.65. The lowest BCUT2D eigenvalue weighted by atomic mass is 10.1. The van der Waals surface area contributed by atoms with E-state index in [0.717, 1.165) is 9.13 Å². The first-order valence-corrected chi connectivity index (χ1v) is 6.02. The van der Waals surface area contributed by atoms with Gasteiger partial charge in [-0.25, -0.2) is 0 Å². The Labute approximate surface area is 113 Å². The average molecular weight is 348 g/mol. The summed E-state index contributed by atoms with van der Waals surface area (Å²) in [5.74, 6) is -1.19. The van der Waals surface area contributed by atoms with Gasteiger partial charge in [-0.05, 0) is 41.1 Å². The highest BCUT2D eigenvalue weighted by Gasteiger charge is 2.15. The summed E-state index contributed by atoms with van der Waals surface area (Å²) in [5.41, 5.74) is 6.38. The van der Waals surface area contributed by atoms with Crippen LogP contribution in [0, 0.1) is 10.5 Å². The summed E-state index contributed by atoms with van der Waals surface area (Å²) in [6, 6.07) is 5.36. The highest BCUT2D eigenvalue weighted by Crippen LogP contribution is 2.16. The fourth-order valence-electron chi connectivity index (χ4n) is 1.21. The van der Waals surface area contributed by atoms with Crippen molar-refractivity contribution in [2.45, 2.75) is 13.0 Å². The molecule has 17 heavy (non-hydrogen) atoms. The van der Waals surface area contributed by atoms with Crippen molar-refractivity contribution < 1.29 is 14.7 Å². The fraction of sp³-hybridized carbons (Fsp3) is 0.273. The number of benzene rings is 1. The summed E-state index contributed by atoms with van der Waals surface area (Å²) < 4.78 is 0.844. The van der Waals surface area contributed by atoms with Crippen LogP contribution in [-0.4, -0.2) is 29.6 Å². The molecule has 1 rings (SSSR count). The van der Waals surface area contributed by atoms with E-state index in [1.807, 2.05) is 13.0 Å². The molecule has 0 saturated carbocycles. The molecule has 0 aliphatic heterocycles. The van der Waals surface area contributed by atoms with E-state index < -0.39 is 12.0 Å². The molecule has 0 aliphatic carbocycles. The first kappa shape index (κ1) is 13.9. The van der Waals surface area contributed by atoms with Crippen molar-refractivity contribution in [3.63, 3.8) is 0 Å². The number of amides is 2. The molecule has 1 atom stereocenters. The van der Waals surface area contributed by atoms with E-state index in [0.29, 0.717) is 5.56 Å². The minimum Gasteiger partial charge on any atom is -0.381 e. The molecule has 0 aliphatic rings. The quantitative estimate of drug-likeness (QED) is 0.678.